The van der Waals surface area contributed by atoms with Gasteiger partial charge in [-0.2, -0.15) is 0 Å². The summed E-state index contributed by atoms with van der Waals surface area (Å²) in [7, 11) is -2.43. The zero-order valence-electron chi connectivity index (χ0n) is 14.2. The summed E-state index contributed by atoms with van der Waals surface area (Å²) < 4.78 is 30.0. The van der Waals surface area contributed by atoms with Crippen molar-refractivity contribution in [2.45, 2.75) is 26.2 Å². The molecule has 0 radical (unpaired) electrons. The number of anilines is 1. The number of ether oxygens (including phenoxy) is 1. The number of hydrogen-bond acceptors (Lipinski definition) is 5. The van der Waals surface area contributed by atoms with Crippen molar-refractivity contribution >= 4 is 27.6 Å². The number of hydrogen-bond donors (Lipinski definition) is 1. The maximum Gasteiger partial charge on any atom is 0.340 e. The molecule has 8 heteroatoms. The number of amides is 1. The van der Waals surface area contributed by atoms with Gasteiger partial charge in [0.15, 0.2) is 0 Å². The molecule has 0 spiro atoms. The van der Waals surface area contributed by atoms with Gasteiger partial charge in [0.05, 0.1) is 24.6 Å². The number of rotatable bonds is 9. The van der Waals surface area contributed by atoms with Gasteiger partial charge < -0.3 is 10.1 Å². The first-order valence-corrected chi connectivity index (χ1v) is 9.57. The minimum atomic E-state index is -3.66. The van der Waals surface area contributed by atoms with Gasteiger partial charge in [-0.1, -0.05) is 25.5 Å². The van der Waals surface area contributed by atoms with Gasteiger partial charge in [-0.25, -0.2) is 13.2 Å². The molecule has 0 atom stereocenters. The van der Waals surface area contributed by atoms with Crippen LogP contribution >= 0.6 is 0 Å². The highest BCUT2D eigenvalue weighted by Crippen LogP contribution is 2.23. The predicted molar refractivity (Wildman–Crippen MR) is 92.5 cm³/mol. The standard InChI is InChI=1S/C16H24N2O5S/c1-4-5-11-17-15(19)10-12-18(24(3,21)22)14-9-7-6-8-13(14)16(20)23-2/h6-9H,4-5,10-12H2,1-3H3,(H,17,19). The minimum absolute atomic E-state index is 0.00624. The van der Waals surface area contributed by atoms with Crippen LogP contribution in [0.5, 0.6) is 0 Å². The van der Waals surface area contributed by atoms with Gasteiger partial charge in [-0.3, -0.25) is 9.10 Å². The summed E-state index contributed by atoms with van der Waals surface area (Å²) in [4.78, 5) is 23.7. The van der Waals surface area contributed by atoms with Crippen LogP contribution in [0.25, 0.3) is 0 Å². The number of carbonyl (C=O) groups excluding carboxylic acids is 2. The Hall–Kier alpha value is -2.09. The molecule has 0 aliphatic carbocycles. The lowest BCUT2D eigenvalue weighted by Crippen LogP contribution is -2.35. The van der Waals surface area contributed by atoms with Crippen molar-refractivity contribution in [1.29, 1.82) is 0 Å². The number of methoxy groups -OCH3 is 1. The zero-order valence-corrected chi connectivity index (χ0v) is 15.1. The molecule has 24 heavy (non-hydrogen) atoms. The number of carbonyl (C=O) groups is 2. The average molecular weight is 356 g/mol. The van der Waals surface area contributed by atoms with Crippen molar-refractivity contribution in [2.75, 3.05) is 30.8 Å². The van der Waals surface area contributed by atoms with Crippen molar-refractivity contribution in [3.8, 4) is 0 Å². The molecule has 0 fully saturated rings. The Labute approximate surface area is 143 Å². The number of nitrogens with zero attached hydrogens (tertiary/aromatic N) is 1. The quantitative estimate of drug-likeness (QED) is 0.535. The Morgan fingerprint density at radius 3 is 2.50 bits per heavy atom. The van der Waals surface area contributed by atoms with E-state index < -0.39 is 16.0 Å². The minimum Gasteiger partial charge on any atom is -0.465 e. The van der Waals surface area contributed by atoms with E-state index in [4.69, 9.17) is 4.74 Å². The highest BCUT2D eigenvalue weighted by Gasteiger charge is 2.23. The Morgan fingerprint density at radius 1 is 1.25 bits per heavy atom. The van der Waals surface area contributed by atoms with Crippen LogP contribution < -0.4 is 9.62 Å². The Morgan fingerprint density at radius 2 is 1.92 bits per heavy atom. The van der Waals surface area contributed by atoms with E-state index in [1.54, 1.807) is 12.1 Å². The number of sulfonamides is 1. The first kappa shape index (κ1) is 20.0. The fourth-order valence-corrected chi connectivity index (χ4v) is 3.07. The lowest BCUT2D eigenvalue weighted by atomic mass is 10.1. The van der Waals surface area contributed by atoms with Gasteiger partial charge in [0.1, 0.15) is 0 Å². The summed E-state index contributed by atoms with van der Waals surface area (Å²) in [6, 6.07) is 6.25. The van der Waals surface area contributed by atoms with Crippen LogP contribution in [-0.4, -0.2) is 46.7 Å². The van der Waals surface area contributed by atoms with Crippen LogP contribution in [-0.2, 0) is 19.6 Å². The Balaban J connectivity index is 2.96. The summed E-state index contributed by atoms with van der Waals surface area (Å²) in [6.45, 7) is 2.53. The molecule has 0 aromatic heterocycles. The van der Waals surface area contributed by atoms with E-state index >= 15 is 0 Å². The molecule has 0 unspecified atom stereocenters. The molecule has 0 aliphatic heterocycles. The molecule has 1 amide bonds. The molecule has 134 valence electrons. The fraction of sp³-hybridized carbons (Fsp3) is 0.500. The molecule has 1 aromatic rings. The van der Waals surface area contributed by atoms with Crippen LogP contribution in [0.2, 0.25) is 0 Å². The van der Waals surface area contributed by atoms with E-state index in [-0.39, 0.29) is 30.1 Å². The van der Waals surface area contributed by atoms with E-state index in [0.29, 0.717) is 6.54 Å². The summed E-state index contributed by atoms with van der Waals surface area (Å²) in [5.74, 6) is -0.862. The van der Waals surface area contributed by atoms with Crippen molar-refractivity contribution in [3.63, 3.8) is 0 Å². The molecule has 1 N–H and O–H groups in total. The largest absolute Gasteiger partial charge is 0.465 e. The number of para-hydroxylation sites is 1. The third-order valence-electron chi connectivity index (χ3n) is 3.37. The van der Waals surface area contributed by atoms with Gasteiger partial charge in [-0.05, 0) is 18.6 Å². The molecule has 7 nitrogen and oxygen atoms in total. The highest BCUT2D eigenvalue weighted by atomic mass is 32.2. The molecule has 0 bridgehead atoms. The van der Waals surface area contributed by atoms with Crippen molar-refractivity contribution in [3.05, 3.63) is 29.8 Å². The average Bonchev–Trinajstić information content (AvgIpc) is 2.53. The van der Waals surface area contributed by atoms with Gasteiger partial charge >= 0.3 is 5.97 Å². The monoisotopic (exact) mass is 356 g/mol. The van der Waals surface area contributed by atoms with Crippen LogP contribution in [0.3, 0.4) is 0 Å². The topological polar surface area (TPSA) is 92.8 Å². The van der Waals surface area contributed by atoms with Gasteiger partial charge in [0.2, 0.25) is 15.9 Å². The van der Waals surface area contributed by atoms with E-state index in [0.717, 1.165) is 23.4 Å². The SMILES string of the molecule is CCCCNC(=O)CCN(c1ccccc1C(=O)OC)S(C)(=O)=O. The van der Waals surface area contributed by atoms with Crippen LogP contribution in [0, 0.1) is 0 Å². The summed E-state index contributed by atoms with van der Waals surface area (Å²) in [5, 5.41) is 2.74. The van der Waals surface area contributed by atoms with E-state index in [2.05, 4.69) is 5.32 Å². The second kappa shape index (κ2) is 9.27. The van der Waals surface area contributed by atoms with Crippen molar-refractivity contribution in [2.24, 2.45) is 0 Å². The second-order valence-corrected chi connectivity index (χ2v) is 7.20. The predicted octanol–water partition coefficient (Wildman–Crippen LogP) is 1.55. The molecule has 0 aliphatic rings. The third kappa shape index (κ3) is 5.84. The molecule has 0 saturated heterocycles. The third-order valence-corrected chi connectivity index (χ3v) is 4.55. The number of esters is 1. The van der Waals surface area contributed by atoms with Crippen LogP contribution in [0.1, 0.15) is 36.5 Å². The van der Waals surface area contributed by atoms with Crippen LogP contribution in [0.4, 0.5) is 5.69 Å². The molecule has 1 aromatic carbocycles. The normalized spacial score (nSPS) is 11.0. The van der Waals surface area contributed by atoms with Gasteiger partial charge in [0, 0.05) is 19.5 Å². The maximum absolute atomic E-state index is 12.1. The van der Waals surface area contributed by atoms with Gasteiger partial charge in [0.25, 0.3) is 0 Å². The van der Waals surface area contributed by atoms with Crippen molar-refractivity contribution < 1.29 is 22.7 Å². The zero-order chi connectivity index (χ0) is 18.2. The Bertz CT molecular complexity index is 673. The van der Waals surface area contributed by atoms with Gasteiger partial charge in [-0.15, -0.1) is 0 Å². The molecular weight excluding hydrogens is 332 g/mol. The number of nitrogens with one attached hydrogen (secondary N) is 1. The van der Waals surface area contributed by atoms with E-state index in [1.165, 1.54) is 19.2 Å². The maximum atomic E-state index is 12.1. The summed E-state index contributed by atoms with van der Waals surface area (Å²) in [5.41, 5.74) is 0.338. The lowest BCUT2D eigenvalue weighted by Gasteiger charge is -2.24. The van der Waals surface area contributed by atoms with E-state index in [1.807, 2.05) is 6.92 Å². The Kier molecular flexibility index (Phi) is 7.70. The highest BCUT2D eigenvalue weighted by molar-refractivity contribution is 7.92. The number of unbranched alkanes of at least 4 members (excludes halogenated alkanes) is 1. The summed E-state index contributed by atoms with van der Waals surface area (Å²) >= 11 is 0. The van der Waals surface area contributed by atoms with Crippen LogP contribution in [0.15, 0.2) is 24.3 Å². The molecule has 0 saturated carbocycles. The summed E-state index contributed by atoms with van der Waals surface area (Å²) in [6.07, 6.45) is 2.87. The smallest absolute Gasteiger partial charge is 0.340 e. The second-order valence-electron chi connectivity index (χ2n) is 5.30. The van der Waals surface area contributed by atoms with Crippen molar-refractivity contribution in [1.82, 2.24) is 5.32 Å². The first-order valence-electron chi connectivity index (χ1n) is 7.73. The molecule has 1 rings (SSSR count). The van der Waals surface area contributed by atoms with E-state index in [9.17, 15) is 18.0 Å². The fourth-order valence-electron chi connectivity index (χ4n) is 2.13. The molecule has 0 heterocycles. The molecular formula is C16H24N2O5S. The number of benzene rings is 1. The lowest BCUT2D eigenvalue weighted by molar-refractivity contribution is -0.120. The first-order chi connectivity index (χ1) is 11.3.